The molecule has 3 aromatic carbocycles. The molecule has 1 heterocycles. The summed E-state index contributed by atoms with van der Waals surface area (Å²) >= 11 is 13.0. The summed E-state index contributed by atoms with van der Waals surface area (Å²) in [6.45, 7) is 2.66. The number of imide groups is 1. The van der Waals surface area contributed by atoms with E-state index >= 15 is 0 Å². The van der Waals surface area contributed by atoms with Gasteiger partial charge in [-0.15, -0.1) is 0 Å². The molecule has 0 saturated carbocycles. The lowest BCUT2D eigenvalue weighted by Gasteiger charge is -2.15. The van der Waals surface area contributed by atoms with Crippen LogP contribution in [0.1, 0.15) is 18.1 Å². The summed E-state index contributed by atoms with van der Waals surface area (Å²) in [4.78, 5) is 26.5. The minimum Gasteiger partial charge on any atom is -0.490 e. The van der Waals surface area contributed by atoms with Gasteiger partial charge in [0.05, 0.1) is 16.8 Å². The van der Waals surface area contributed by atoms with Crippen molar-refractivity contribution in [2.45, 2.75) is 13.5 Å². The highest BCUT2D eigenvalue weighted by atomic mass is 79.9. The van der Waals surface area contributed by atoms with Crippen LogP contribution in [0.3, 0.4) is 0 Å². The van der Waals surface area contributed by atoms with Crippen molar-refractivity contribution in [2.24, 2.45) is 0 Å². The molecule has 1 aliphatic heterocycles. The number of halogens is 3. The fraction of sp³-hybridized carbons (Fsp3) is 0.120. The van der Waals surface area contributed by atoms with E-state index in [0.29, 0.717) is 45.5 Å². The molecule has 1 N–H and O–H groups in total. The number of benzene rings is 3. The van der Waals surface area contributed by atoms with Gasteiger partial charge in [-0.05, 0) is 82.5 Å². The Morgan fingerprint density at radius 2 is 1.79 bits per heavy atom. The van der Waals surface area contributed by atoms with Crippen LogP contribution >= 0.6 is 43.5 Å². The fourth-order valence-electron chi connectivity index (χ4n) is 3.36. The molecule has 174 valence electrons. The third kappa shape index (κ3) is 5.46. The second-order valence-corrected chi connectivity index (χ2v) is 9.49. The van der Waals surface area contributed by atoms with Gasteiger partial charge in [0.15, 0.2) is 11.5 Å². The molecule has 0 bridgehead atoms. The molecule has 0 aliphatic carbocycles. The molecular weight excluding hydrogens is 588 g/mol. The van der Waals surface area contributed by atoms with Crippen LogP contribution in [-0.2, 0) is 11.4 Å². The molecule has 6 nitrogen and oxygen atoms in total. The van der Waals surface area contributed by atoms with Crippen LogP contribution in [0.25, 0.3) is 6.08 Å². The first-order valence-electron chi connectivity index (χ1n) is 10.3. The summed E-state index contributed by atoms with van der Waals surface area (Å²) in [6.07, 6.45) is 1.59. The van der Waals surface area contributed by atoms with E-state index in [0.717, 1.165) is 14.9 Å². The lowest BCUT2D eigenvalue weighted by molar-refractivity contribution is -0.113. The minimum atomic E-state index is -0.544. The second kappa shape index (κ2) is 10.6. The Bertz CT molecular complexity index is 1280. The summed E-state index contributed by atoms with van der Waals surface area (Å²) < 4.78 is 13.5. The van der Waals surface area contributed by atoms with Crippen LogP contribution in [0.2, 0.25) is 5.02 Å². The van der Waals surface area contributed by atoms with Crippen LogP contribution in [0, 0.1) is 0 Å². The monoisotopic (exact) mass is 604 g/mol. The number of anilines is 1. The standard InChI is InChI=1S/C25H19Br2ClN2O4/c1-2-33-22-12-16(10-20(27)23(22)34-14-15-6-8-17(26)9-7-15)11-21-24(31)30(25(32)29-21)19-5-3-4-18(28)13-19/h3-13H,2,14H2,1H3,(H,29,32)/b21-11+. The Labute approximate surface area is 218 Å². The number of nitrogens with zero attached hydrogens (tertiary/aromatic N) is 1. The normalized spacial score (nSPS) is 14.5. The Balaban J connectivity index is 1.60. The van der Waals surface area contributed by atoms with Crippen LogP contribution in [0.5, 0.6) is 11.5 Å². The molecule has 0 atom stereocenters. The molecule has 0 aromatic heterocycles. The molecular formula is C25H19Br2ClN2O4. The van der Waals surface area contributed by atoms with E-state index in [9.17, 15) is 9.59 Å². The van der Waals surface area contributed by atoms with Crippen molar-refractivity contribution in [3.05, 3.63) is 91.5 Å². The molecule has 1 aliphatic rings. The highest BCUT2D eigenvalue weighted by Gasteiger charge is 2.35. The predicted molar refractivity (Wildman–Crippen MR) is 139 cm³/mol. The molecule has 34 heavy (non-hydrogen) atoms. The van der Waals surface area contributed by atoms with Crippen LogP contribution in [-0.4, -0.2) is 18.5 Å². The van der Waals surface area contributed by atoms with E-state index in [2.05, 4.69) is 37.2 Å². The predicted octanol–water partition coefficient (Wildman–Crippen LogP) is 6.94. The number of nitrogens with one attached hydrogen (secondary N) is 1. The number of ether oxygens (including phenoxy) is 2. The summed E-state index contributed by atoms with van der Waals surface area (Å²) in [6, 6.07) is 17.4. The van der Waals surface area contributed by atoms with Gasteiger partial charge in [-0.2, -0.15) is 0 Å². The van der Waals surface area contributed by atoms with E-state index in [-0.39, 0.29) is 5.70 Å². The molecule has 1 saturated heterocycles. The number of amides is 3. The average molecular weight is 607 g/mol. The Hall–Kier alpha value is -2.81. The third-order valence-electron chi connectivity index (χ3n) is 4.88. The van der Waals surface area contributed by atoms with Gasteiger partial charge in [0.1, 0.15) is 12.3 Å². The van der Waals surface area contributed by atoms with Gasteiger partial charge in [0, 0.05) is 9.50 Å². The SMILES string of the molecule is CCOc1cc(/C=C2/NC(=O)N(c3cccc(Cl)c3)C2=O)cc(Br)c1OCc1ccc(Br)cc1. The summed E-state index contributed by atoms with van der Waals surface area (Å²) in [5.41, 5.74) is 2.20. The first-order chi connectivity index (χ1) is 16.4. The first kappa shape index (κ1) is 24.3. The highest BCUT2D eigenvalue weighted by Crippen LogP contribution is 2.38. The molecule has 0 spiro atoms. The fourth-order valence-corrected chi connectivity index (χ4v) is 4.38. The smallest absolute Gasteiger partial charge is 0.333 e. The van der Waals surface area contributed by atoms with Crippen LogP contribution in [0.15, 0.2) is 75.3 Å². The molecule has 9 heteroatoms. The van der Waals surface area contributed by atoms with E-state index in [1.54, 1.807) is 42.5 Å². The van der Waals surface area contributed by atoms with Gasteiger partial charge in [0.2, 0.25) is 0 Å². The molecule has 1 fully saturated rings. The number of hydrogen-bond donors (Lipinski definition) is 1. The number of rotatable bonds is 7. The van der Waals surface area contributed by atoms with Gasteiger partial charge in [0.25, 0.3) is 5.91 Å². The summed E-state index contributed by atoms with van der Waals surface area (Å²) in [7, 11) is 0. The van der Waals surface area contributed by atoms with E-state index in [1.165, 1.54) is 0 Å². The van der Waals surface area contributed by atoms with Crippen molar-refractivity contribution in [1.29, 1.82) is 0 Å². The van der Waals surface area contributed by atoms with Crippen molar-refractivity contribution in [1.82, 2.24) is 5.32 Å². The van der Waals surface area contributed by atoms with Crippen molar-refractivity contribution in [3.63, 3.8) is 0 Å². The Morgan fingerprint density at radius 1 is 1.03 bits per heavy atom. The Morgan fingerprint density at radius 3 is 2.50 bits per heavy atom. The number of carbonyl (C=O) groups is 2. The maximum absolute atomic E-state index is 12.9. The summed E-state index contributed by atoms with van der Waals surface area (Å²) in [5, 5.41) is 3.05. The van der Waals surface area contributed by atoms with Gasteiger partial charge in [-0.25, -0.2) is 9.69 Å². The van der Waals surface area contributed by atoms with Crippen LogP contribution < -0.4 is 19.7 Å². The molecule has 4 rings (SSSR count). The second-order valence-electron chi connectivity index (χ2n) is 7.29. The number of carbonyl (C=O) groups excluding carboxylic acids is 2. The largest absolute Gasteiger partial charge is 0.490 e. The quantitative estimate of drug-likeness (QED) is 0.234. The van der Waals surface area contributed by atoms with E-state index in [4.69, 9.17) is 21.1 Å². The van der Waals surface area contributed by atoms with Crippen molar-refractivity contribution >= 4 is 67.2 Å². The maximum Gasteiger partial charge on any atom is 0.333 e. The molecule has 0 radical (unpaired) electrons. The minimum absolute atomic E-state index is 0.142. The zero-order valence-corrected chi connectivity index (χ0v) is 21.9. The van der Waals surface area contributed by atoms with Crippen molar-refractivity contribution in [2.75, 3.05) is 11.5 Å². The summed E-state index contributed by atoms with van der Waals surface area (Å²) in [5.74, 6) is 0.593. The zero-order chi connectivity index (χ0) is 24.2. The number of hydrogen-bond acceptors (Lipinski definition) is 4. The maximum atomic E-state index is 12.9. The van der Waals surface area contributed by atoms with E-state index < -0.39 is 11.9 Å². The lowest BCUT2D eigenvalue weighted by atomic mass is 10.1. The first-order valence-corrected chi connectivity index (χ1v) is 12.3. The molecule has 3 amide bonds. The zero-order valence-electron chi connectivity index (χ0n) is 18.0. The van der Waals surface area contributed by atoms with Gasteiger partial charge in [-0.3, -0.25) is 4.79 Å². The molecule has 3 aromatic rings. The highest BCUT2D eigenvalue weighted by molar-refractivity contribution is 9.10. The number of urea groups is 1. The lowest BCUT2D eigenvalue weighted by Crippen LogP contribution is -2.30. The van der Waals surface area contributed by atoms with Crippen molar-refractivity contribution < 1.29 is 19.1 Å². The third-order valence-corrected chi connectivity index (χ3v) is 6.24. The average Bonchev–Trinajstić information content (AvgIpc) is 3.07. The van der Waals surface area contributed by atoms with Crippen molar-refractivity contribution in [3.8, 4) is 11.5 Å². The molecule has 0 unspecified atom stereocenters. The topological polar surface area (TPSA) is 67.9 Å². The van der Waals surface area contributed by atoms with Gasteiger partial charge >= 0.3 is 6.03 Å². The van der Waals surface area contributed by atoms with Crippen LogP contribution in [0.4, 0.5) is 10.5 Å². The Kier molecular flexibility index (Phi) is 7.60. The van der Waals surface area contributed by atoms with Gasteiger partial charge < -0.3 is 14.8 Å². The van der Waals surface area contributed by atoms with Gasteiger partial charge in [-0.1, -0.05) is 45.7 Å². The van der Waals surface area contributed by atoms with E-state index in [1.807, 2.05) is 31.2 Å².